The van der Waals surface area contributed by atoms with Crippen LogP contribution in [0.3, 0.4) is 0 Å². The van der Waals surface area contributed by atoms with Gasteiger partial charge in [0.25, 0.3) is 0 Å². The number of aliphatic hydroxyl groups is 2. The Balaban J connectivity index is 1.48. The first-order chi connectivity index (χ1) is 13.0. The Morgan fingerprint density at radius 2 is 1.74 bits per heavy atom. The number of benzene rings is 1. The van der Waals surface area contributed by atoms with E-state index in [0.29, 0.717) is 45.6 Å². The van der Waals surface area contributed by atoms with E-state index in [4.69, 9.17) is 5.11 Å². The van der Waals surface area contributed by atoms with Gasteiger partial charge in [-0.05, 0) is 12.0 Å². The Bertz CT molecular complexity index is 704. The average Bonchev–Trinajstić information content (AvgIpc) is 3.00. The minimum absolute atomic E-state index is 0.0489. The van der Waals surface area contributed by atoms with Crippen molar-refractivity contribution in [1.29, 1.82) is 0 Å². The van der Waals surface area contributed by atoms with Crippen LogP contribution < -0.4 is 0 Å². The molecule has 7 heteroatoms. The molecule has 0 aliphatic carbocycles. The monoisotopic (exact) mass is 373 g/mol. The number of hydrogen-bond acceptors (Lipinski definition) is 5. The molecule has 0 aromatic heterocycles. The minimum atomic E-state index is -0.377. The molecule has 3 aliphatic heterocycles. The molecule has 27 heavy (non-hydrogen) atoms. The lowest BCUT2D eigenvalue weighted by atomic mass is 9.83. The van der Waals surface area contributed by atoms with E-state index < -0.39 is 0 Å². The van der Waals surface area contributed by atoms with E-state index in [1.54, 1.807) is 4.90 Å². The molecule has 4 rings (SSSR count). The Kier molecular flexibility index (Phi) is 4.92. The first-order valence-electron chi connectivity index (χ1n) is 9.66. The van der Waals surface area contributed by atoms with Gasteiger partial charge in [-0.3, -0.25) is 14.5 Å². The Morgan fingerprint density at radius 1 is 1.04 bits per heavy atom. The molecule has 3 aliphatic rings. The lowest BCUT2D eigenvalue weighted by Crippen LogP contribution is -2.79. The Hall–Kier alpha value is -1.96. The van der Waals surface area contributed by atoms with E-state index >= 15 is 0 Å². The van der Waals surface area contributed by atoms with Crippen molar-refractivity contribution in [2.45, 2.75) is 36.9 Å². The van der Waals surface area contributed by atoms with Gasteiger partial charge in [0.2, 0.25) is 11.8 Å². The first kappa shape index (κ1) is 18.4. The quantitative estimate of drug-likeness (QED) is 0.741. The second-order valence-electron chi connectivity index (χ2n) is 8.08. The van der Waals surface area contributed by atoms with Gasteiger partial charge in [0.15, 0.2) is 0 Å². The van der Waals surface area contributed by atoms with Gasteiger partial charge in [0, 0.05) is 45.2 Å². The number of nitrogens with zero attached hydrogens (tertiary/aromatic N) is 3. The van der Waals surface area contributed by atoms with Gasteiger partial charge in [-0.1, -0.05) is 30.3 Å². The van der Waals surface area contributed by atoms with E-state index in [2.05, 4.69) is 4.90 Å². The van der Waals surface area contributed by atoms with E-state index in [-0.39, 0.29) is 42.5 Å². The van der Waals surface area contributed by atoms with Crippen LogP contribution in [0.15, 0.2) is 30.3 Å². The summed E-state index contributed by atoms with van der Waals surface area (Å²) < 4.78 is 0. The van der Waals surface area contributed by atoms with Gasteiger partial charge in [-0.2, -0.15) is 0 Å². The summed E-state index contributed by atoms with van der Waals surface area (Å²) in [5, 5.41) is 19.2. The summed E-state index contributed by atoms with van der Waals surface area (Å²) >= 11 is 0. The van der Waals surface area contributed by atoms with Crippen molar-refractivity contribution in [3.05, 3.63) is 35.9 Å². The number of β-amino-alcohol motifs (C(OH)–C–C–N with tert-alkyl or cyclic N) is 1. The second kappa shape index (κ2) is 7.22. The zero-order valence-corrected chi connectivity index (χ0v) is 15.5. The van der Waals surface area contributed by atoms with Gasteiger partial charge in [0.1, 0.15) is 0 Å². The van der Waals surface area contributed by atoms with Gasteiger partial charge in [0.05, 0.1) is 24.7 Å². The third-order valence-electron chi connectivity index (χ3n) is 6.12. The molecule has 3 fully saturated rings. The van der Waals surface area contributed by atoms with Gasteiger partial charge >= 0.3 is 0 Å². The molecular formula is C20H27N3O4. The Labute approximate surface area is 159 Å². The zero-order valence-electron chi connectivity index (χ0n) is 15.5. The third kappa shape index (κ3) is 3.47. The minimum Gasteiger partial charge on any atom is -0.396 e. The summed E-state index contributed by atoms with van der Waals surface area (Å²) in [5.41, 5.74) is 0.733. The number of piperazine rings is 1. The Morgan fingerprint density at radius 3 is 2.44 bits per heavy atom. The summed E-state index contributed by atoms with van der Waals surface area (Å²) in [7, 11) is 0. The highest BCUT2D eigenvalue weighted by Gasteiger charge is 2.57. The van der Waals surface area contributed by atoms with Crippen molar-refractivity contribution >= 4 is 11.8 Å². The molecule has 0 saturated carbocycles. The summed E-state index contributed by atoms with van der Waals surface area (Å²) in [5.74, 6) is 0.0499. The fourth-order valence-electron chi connectivity index (χ4n) is 4.86. The molecule has 3 saturated heterocycles. The summed E-state index contributed by atoms with van der Waals surface area (Å²) in [4.78, 5) is 31.0. The van der Waals surface area contributed by atoms with Gasteiger partial charge in [-0.25, -0.2) is 0 Å². The molecule has 1 aromatic rings. The lowest BCUT2D eigenvalue weighted by Gasteiger charge is -2.60. The van der Waals surface area contributed by atoms with Crippen molar-refractivity contribution in [2.24, 2.45) is 0 Å². The molecular weight excluding hydrogens is 346 g/mol. The lowest BCUT2D eigenvalue weighted by molar-refractivity contribution is -0.162. The maximum absolute atomic E-state index is 12.9. The number of hydrogen-bond donors (Lipinski definition) is 2. The maximum atomic E-state index is 12.9. The summed E-state index contributed by atoms with van der Waals surface area (Å²) in [6, 6.07) is 9.87. The number of carbonyl (C=O) groups excluding carboxylic acids is 2. The molecule has 0 bridgehead atoms. The fourth-order valence-corrected chi connectivity index (χ4v) is 4.86. The van der Waals surface area contributed by atoms with Crippen LogP contribution in [-0.4, -0.2) is 93.7 Å². The molecule has 7 nitrogen and oxygen atoms in total. The first-order valence-corrected chi connectivity index (χ1v) is 9.66. The largest absolute Gasteiger partial charge is 0.396 e. The van der Waals surface area contributed by atoms with Crippen LogP contribution in [0.5, 0.6) is 0 Å². The SMILES string of the molecule is O=C(Cc1ccccc1)N1CC2CC(O)CN2C2(C1)CN(C(=O)CCO)C2. The van der Waals surface area contributed by atoms with Crippen LogP contribution in [0.4, 0.5) is 0 Å². The predicted molar refractivity (Wildman–Crippen MR) is 98.9 cm³/mol. The fraction of sp³-hybridized carbons (Fsp3) is 0.600. The third-order valence-corrected chi connectivity index (χ3v) is 6.12. The molecule has 2 atom stereocenters. The number of likely N-dealkylation sites (tertiary alicyclic amines) is 1. The number of aliphatic hydroxyl groups excluding tert-OH is 2. The highest BCUT2D eigenvalue weighted by Crippen LogP contribution is 2.39. The molecule has 146 valence electrons. The highest BCUT2D eigenvalue weighted by atomic mass is 16.3. The number of rotatable bonds is 4. The van der Waals surface area contributed by atoms with Crippen LogP contribution >= 0.6 is 0 Å². The van der Waals surface area contributed by atoms with Crippen LogP contribution in [0.2, 0.25) is 0 Å². The van der Waals surface area contributed by atoms with E-state index in [9.17, 15) is 14.7 Å². The highest BCUT2D eigenvalue weighted by molar-refractivity contribution is 5.80. The topological polar surface area (TPSA) is 84.3 Å². The van der Waals surface area contributed by atoms with Crippen LogP contribution in [0.1, 0.15) is 18.4 Å². The van der Waals surface area contributed by atoms with Crippen molar-refractivity contribution in [3.8, 4) is 0 Å². The summed E-state index contributed by atoms with van der Waals surface area (Å²) in [6.07, 6.45) is 0.804. The average molecular weight is 373 g/mol. The maximum Gasteiger partial charge on any atom is 0.227 e. The van der Waals surface area contributed by atoms with E-state index in [1.807, 2.05) is 35.2 Å². The van der Waals surface area contributed by atoms with E-state index in [0.717, 1.165) is 5.56 Å². The van der Waals surface area contributed by atoms with Crippen molar-refractivity contribution in [3.63, 3.8) is 0 Å². The van der Waals surface area contributed by atoms with Crippen LogP contribution in [0, 0.1) is 0 Å². The molecule has 1 spiro atoms. The van der Waals surface area contributed by atoms with E-state index in [1.165, 1.54) is 0 Å². The molecule has 2 unspecified atom stereocenters. The van der Waals surface area contributed by atoms with Crippen molar-refractivity contribution in [1.82, 2.24) is 14.7 Å². The zero-order chi connectivity index (χ0) is 19.0. The van der Waals surface area contributed by atoms with Gasteiger partial charge in [-0.15, -0.1) is 0 Å². The number of carbonyl (C=O) groups is 2. The van der Waals surface area contributed by atoms with Gasteiger partial charge < -0.3 is 20.0 Å². The molecule has 0 radical (unpaired) electrons. The smallest absolute Gasteiger partial charge is 0.227 e. The molecule has 1 aromatic carbocycles. The second-order valence-corrected chi connectivity index (χ2v) is 8.08. The number of amides is 2. The number of fused-ring (bicyclic) bond motifs is 2. The van der Waals surface area contributed by atoms with Crippen molar-refractivity contribution in [2.75, 3.05) is 39.3 Å². The summed E-state index contributed by atoms with van der Waals surface area (Å²) in [6.45, 7) is 2.80. The molecule has 3 heterocycles. The molecule has 2 amide bonds. The van der Waals surface area contributed by atoms with Crippen LogP contribution in [0.25, 0.3) is 0 Å². The van der Waals surface area contributed by atoms with Crippen LogP contribution in [-0.2, 0) is 16.0 Å². The van der Waals surface area contributed by atoms with Crippen molar-refractivity contribution < 1.29 is 19.8 Å². The predicted octanol–water partition coefficient (Wildman–Crippen LogP) is -0.530. The molecule has 2 N–H and O–H groups in total. The standard InChI is InChI=1S/C20H27N3O4/c24-7-6-18(26)22-13-20(14-22)12-21(10-16-9-17(25)11-23(16)20)19(27)8-15-4-2-1-3-5-15/h1-5,16-17,24-25H,6-14H2. The normalized spacial score (nSPS) is 26.7.